The lowest BCUT2D eigenvalue weighted by Crippen LogP contribution is -2.38. The summed E-state index contributed by atoms with van der Waals surface area (Å²) in [6.07, 6.45) is 0. The molecule has 41 heavy (non-hydrogen) atoms. The Kier molecular flexibility index (Phi) is 8.37. The molecule has 1 aliphatic rings. The Hall–Kier alpha value is -4.21. The second-order valence-corrected chi connectivity index (χ2v) is 11.3. The van der Waals surface area contributed by atoms with Gasteiger partial charge in [-0.15, -0.1) is 0 Å². The van der Waals surface area contributed by atoms with E-state index in [9.17, 15) is 10.0 Å². The summed E-state index contributed by atoms with van der Waals surface area (Å²) in [5, 5.41) is 22.8. The number of hydrogen-bond acceptors (Lipinski definition) is 7. The van der Waals surface area contributed by atoms with Crippen LogP contribution in [0, 0.1) is 6.92 Å². The molecule has 1 aromatic heterocycles. The average Bonchev–Trinajstić information content (AvgIpc) is 3.39. The van der Waals surface area contributed by atoms with Gasteiger partial charge in [-0.1, -0.05) is 62.3 Å². The molecule has 0 bridgehead atoms. The molecule has 5 rings (SSSR count). The molecule has 2 N–H and O–H groups in total. The molecule has 9 nitrogen and oxygen atoms in total. The topological polar surface area (TPSA) is 101 Å². The summed E-state index contributed by atoms with van der Waals surface area (Å²) in [5.41, 5.74) is 2.87. The van der Waals surface area contributed by atoms with Crippen molar-refractivity contribution < 1.29 is 19.5 Å². The van der Waals surface area contributed by atoms with Crippen LogP contribution in [-0.2, 0) is 14.9 Å². The van der Waals surface area contributed by atoms with Crippen LogP contribution in [-0.4, -0.2) is 71.0 Å². The van der Waals surface area contributed by atoms with Crippen molar-refractivity contribution in [2.24, 2.45) is 5.16 Å². The first-order valence-corrected chi connectivity index (χ1v) is 13.9. The van der Waals surface area contributed by atoms with Crippen LogP contribution < -0.4 is 10.1 Å². The fourth-order valence-corrected chi connectivity index (χ4v) is 4.90. The highest BCUT2D eigenvalue weighted by molar-refractivity contribution is 6.50. The highest BCUT2D eigenvalue weighted by atomic mass is 16.5. The number of carbonyl (C=O) groups excluding carboxylic acids is 1. The third kappa shape index (κ3) is 6.42. The van der Waals surface area contributed by atoms with Crippen molar-refractivity contribution >= 4 is 28.2 Å². The Labute approximate surface area is 240 Å². The van der Waals surface area contributed by atoms with Crippen LogP contribution in [0.3, 0.4) is 0 Å². The first-order valence-electron chi connectivity index (χ1n) is 13.9. The van der Waals surface area contributed by atoms with Gasteiger partial charge < -0.3 is 20.0 Å². The zero-order valence-electron chi connectivity index (χ0n) is 24.1. The van der Waals surface area contributed by atoms with E-state index >= 15 is 0 Å². The highest BCUT2D eigenvalue weighted by Gasteiger charge is 2.25. The summed E-state index contributed by atoms with van der Waals surface area (Å²) in [5.74, 6) is 0.648. The highest BCUT2D eigenvalue weighted by Crippen LogP contribution is 2.30. The fraction of sp³-hybridized carbons (Fsp3) is 0.344. The molecule has 1 amide bonds. The Balaban J connectivity index is 1.42. The van der Waals surface area contributed by atoms with Gasteiger partial charge in [-0.3, -0.25) is 9.69 Å². The zero-order valence-corrected chi connectivity index (χ0v) is 24.1. The molecule has 9 heteroatoms. The van der Waals surface area contributed by atoms with Crippen LogP contribution in [0.4, 0.5) is 5.82 Å². The van der Waals surface area contributed by atoms with Crippen molar-refractivity contribution in [2.75, 3.05) is 44.8 Å². The van der Waals surface area contributed by atoms with Crippen molar-refractivity contribution in [3.63, 3.8) is 0 Å². The predicted octanol–water partition coefficient (Wildman–Crippen LogP) is 5.16. The van der Waals surface area contributed by atoms with Crippen LogP contribution in [0.5, 0.6) is 5.75 Å². The number of ether oxygens (including phenoxy) is 2. The molecule has 3 aromatic carbocycles. The molecular weight excluding hydrogens is 518 g/mol. The first kappa shape index (κ1) is 28.3. The number of morpholine rings is 1. The molecule has 0 saturated carbocycles. The molecule has 2 heterocycles. The number of fused-ring (bicyclic) bond motifs is 1. The number of rotatable bonds is 8. The molecular formula is C32H37N5O4. The van der Waals surface area contributed by atoms with Gasteiger partial charge in [0.05, 0.1) is 24.6 Å². The lowest BCUT2D eigenvalue weighted by molar-refractivity contribution is -0.110. The second kappa shape index (κ2) is 12.1. The molecule has 0 radical (unpaired) electrons. The van der Waals surface area contributed by atoms with Crippen LogP contribution in [0.25, 0.3) is 16.5 Å². The van der Waals surface area contributed by atoms with Gasteiger partial charge in [-0.25, -0.2) is 4.68 Å². The number of carbonyl (C=O) groups is 1. The van der Waals surface area contributed by atoms with Gasteiger partial charge in [0.2, 0.25) is 0 Å². The number of nitrogens with zero attached hydrogens (tertiary/aromatic N) is 4. The van der Waals surface area contributed by atoms with Crippen LogP contribution in [0.15, 0.2) is 71.9 Å². The molecule has 0 atom stereocenters. The van der Waals surface area contributed by atoms with E-state index in [1.165, 1.54) is 0 Å². The van der Waals surface area contributed by atoms with Crippen molar-refractivity contribution in [3.8, 4) is 11.4 Å². The van der Waals surface area contributed by atoms with E-state index in [0.717, 1.165) is 60.6 Å². The lowest BCUT2D eigenvalue weighted by atomic mass is 9.92. The number of anilines is 1. The second-order valence-electron chi connectivity index (χ2n) is 11.3. The van der Waals surface area contributed by atoms with Gasteiger partial charge in [0.15, 0.2) is 5.71 Å². The first-order chi connectivity index (χ1) is 19.7. The third-order valence-electron chi connectivity index (χ3n) is 7.19. The van der Waals surface area contributed by atoms with E-state index in [0.29, 0.717) is 23.7 Å². The zero-order chi connectivity index (χ0) is 29.0. The number of benzene rings is 3. The SMILES string of the molecule is Cc1cccc(-n2nc(C(C)(C)C)cc2NC(=O)/C(=N\O)c2ccc(OCCN3CCOCC3)c3ccccc23)c1. The molecule has 0 spiro atoms. The van der Waals surface area contributed by atoms with Gasteiger partial charge in [0.25, 0.3) is 5.91 Å². The Morgan fingerprint density at radius 3 is 2.51 bits per heavy atom. The number of nitrogens with one attached hydrogen (secondary N) is 1. The normalized spacial score (nSPS) is 14.8. The minimum absolute atomic E-state index is 0.102. The monoisotopic (exact) mass is 555 g/mol. The number of aromatic nitrogens is 2. The standard InChI is InChI=1S/C32H37N5O4/c1-22-8-7-9-23(20-22)37-29(21-28(34-37)32(2,3)4)33-31(38)30(35-39)26-12-13-27(25-11-6-5-10-24(25)26)41-19-16-36-14-17-40-18-15-36/h5-13,20-21,39H,14-19H2,1-4H3,(H,33,38)/b35-30-. The predicted molar refractivity (Wildman–Crippen MR) is 161 cm³/mol. The van der Waals surface area contributed by atoms with Crippen molar-refractivity contribution in [1.29, 1.82) is 0 Å². The van der Waals surface area contributed by atoms with Gasteiger partial charge >= 0.3 is 0 Å². The maximum atomic E-state index is 13.6. The number of amides is 1. The fourth-order valence-electron chi connectivity index (χ4n) is 4.90. The van der Waals surface area contributed by atoms with Crippen molar-refractivity contribution in [3.05, 3.63) is 83.6 Å². The maximum Gasteiger partial charge on any atom is 0.279 e. The van der Waals surface area contributed by atoms with E-state index in [-0.39, 0.29) is 11.1 Å². The number of aryl methyl sites for hydroxylation is 1. The molecule has 4 aromatic rings. The molecule has 0 unspecified atom stereocenters. The summed E-state index contributed by atoms with van der Waals surface area (Å²) in [6.45, 7) is 12.8. The lowest BCUT2D eigenvalue weighted by Gasteiger charge is -2.26. The Bertz CT molecular complexity index is 1560. The van der Waals surface area contributed by atoms with E-state index in [1.807, 2.05) is 67.6 Å². The summed E-state index contributed by atoms with van der Waals surface area (Å²) in [6, 6.07) is 21.0. The van der Waals surface area contributed by atoms with Crippen LogP contribution in [0.2, 0.25) is 0 Å². The number of hydrogen-bond donors (Lipinski definition) is 2. The van der Waals surface area contributed by atoms with E-state index in [1.54, 1.807) is 10.7 Å². The molecule has 1 fully saturated rings. The van der Waals surface area contributed by atoms with Crippen molar-refractivity contribution in [1.82, 2.24) is 14.7 Å². The minimum atomic E-state index is -0.548. The molecule has 214 valence electrons. The van der Waals surface area contributed by atoms with Crippen molar-refractivity contribution in [2.45, 2.75) is 33.1 Å². The van der Waals surface area contributed by atoms with E-state index in [4.69, 9.17) is 14.6 Å². The largest absolute Gasteiger partial charge is 0.492 e. The maximum absolute atomic E-state index is 13.6. The third-order valence-corrected chi connectivity index (χ3v) is 7.19. The summed E-state index contributed by atoms with van der Waals surface area (Å²) in [7, 11) is 0. The average molecular weight is 556 g/mol. The van der Waals surface area contributed by atoms with Gasteiger partial charge in [0, 0.05) is 42.1 Å². The van der Waals surface area contributed by atoms with Crippen LogP contribution in [0.1, 0.15) is 37.6 Å². The smallest absolute Gasteiger partial charge is 0.279 e. The molecule has 0 aliphatic carbocycles. The quantitative estimate of drug-likeness (QED) is 0.177. The minimum Gasteiger partial charge on any atom is -0.492 e. The van der Waals surface area contributed by atoms with Gasteiger partial charge in [-0.2, -0.15) is 5.10 Å². The van der Waals surface area contributed by atoms with Gasteiger partial charge in [-0.05, 0) is 42.1 Å². The van der Waals surface area contributed by atoms with E-state index in [2.05, 4.69) is 36.1 Å². The number of oxime groups is 1. The molecule has 1 aliphatic heterocycles. The summed E-state index contributed by atoms with van der Waals surface area (Å²) < 4.78 is 13.3. The Morgan fingerprint density at radius 1 is 1.05 bits per heavy atom. The van der Waals surface area contributed by atoms with Gasteiger partial charge in [0.1, 0.15) is 18.2 Å². The summed E-state index contributed by atoms with van der Waals surface area (Å²) >= 11 is 0. The summed E-state index contributed by atoms with van der Waals surface area (Å²) in [4.78, 5) is 16.0. The Morgan fingerprint density at radius 2 is 1.80 bits per heavy atom. The van der Waals surface area contributed by atoms with Crippen LogP contribution >= 0.6 is 0 Å². The molecule has 1 saturated heterocycles. The van der Waals surface area contributed by atoms with E-state index < -0.39 is 5.91 Å².